The first-order valence-corrected chi connectivity index (χ1v) is 6.19. The normalized spacial score (nSPS) is 10.5. The molecule has 2 rings (SSSR count). The van der Waals surface area contributed by atoms with Crippen LogP contribution >= 0.6 is 15.9 Å². The second-order valence-electron chi connectivity index (χ2n) is 4.10. The Hall–Kier alpha value is -1.35. The molecule has 0 aliphatic carbocycles. The van der Waals surface area contributed by atoms with Crippen LogP contribution in [0.5, 0.6) is 0 Å². The molecule has 0 aliphatic rings. The fourth-order valence-corrected chi connectivity index (χ4v) is 2.01. The number of carbonyl (C=O) groups is 1. The molecule has 2 aromatic rings. The van der Waals surface area contributed by atoms with Gasteiger partial charge in [-0.2, -0.15) is 0 Å². The maximum atomic E-state index is 12.1. The van der Waals surface area contributed by atoms with E-state index in [1.54, 1.807) is 12.3 Å². The largest absolute Gasteiger partial charge is 0.469 e. The molecule has 0 aliphatic heterocycles. The third-order valence-electron chi connectivity index (χ3n) is 2.67. The highest BCUT2D eigenvalue weighted by atomic mass is 79.9. The molecule has 17 heavy (non-hydrogen) atoms. The number of furan rings is 1. The molecule has 0 atom stereocenters. The van der Waals surface area contributed by atoms with Crippen molar-refractivity contribution < 1.29 is 9.21 Å². The van der Waals surface area contributed by atoms with E-state index in [9.17, 15) is 4.79 Å². The molecule has 0 saturated carbocycles. The van der Waals surface area contributed by atoms with Crippen molar-refractivity contribution in [1.29, 1.82) is 0 Å². The number of hydrogen-bond acceptors (Lipinski definition) is 2. The molecule has 0 spiro atoms. The molecular weight excluding hydrogens is 280 g/mol. The molecule has 3 heteroatoms. The lowest BCUT2D eigenvalue weighted by molar-refractivity contribution is 0.0987. The van der Waals surface area contributed by atoms with Crippen molar-refractivity contribution in [3.63, 3.8) is 0 Å². The van der Waals surface area contributed by atoms with E-state index in [0.717, 1.165) is 21.2 Å². The number of carbonyl (C=O) groups excluding carboxylic acids is 1. The molecule has 1 heterocycles. The molecule has 0 bridgehead atoms. The van der Waals surface area contributed by atoms with Crippen LogP contribution in [0.2, 0.25) is 0 Å². The van der Waals surface area contributed by atoms with Crippen molar-refractivity contribution in [2.24, 2.45) is 0 Å². The van der Waals surface area contributed by atoms with Gasteiger partial charge in [-0.15, -0.1) is 0 Å². The Labute approximate surface area is 109 Å². The molecular formula is C14H13BrO2. The van der Waals surface area contributed by atoms with E-state index in [1.807, 2.05) is 32.0 Å². The highest BCUT2D eigenvalue weighted by Crippen LogP contribution is 2.23. The van der Waals surface area contributed by atoms with E-state index in [0.29, 0.717) is 12.2 Å². The minimum atomic E-state index is 0.0821. The zero-order chi connectivity index (χ0) is 12.4. The first kappa shape index (κ1) is 12.1. The van der Waals surface area contributed by atoms with Crippen molar-refractivity contribution in [2.45, 2.75) is 20.3 Å². The third-order valence-corrected chi connectivity index (χ3v) is 3.92. The van der Waals surface area contributed by atoms with E-state index in [-0.39, 0.29) is 5.78 Å². The van der Waals surface area contributed by atoms with Crippen LogP contribution < -0.4 is 0 Å². The first-order valence-electron chi connectivity index (χ1n) is 5.40. The van der Waals surface area contributed by atoms with Gasteiger partial charge in [-0.05, 0) is 49.2 Å². The van der Waals surface area contributed by atoms with Crippen molar-refractivity contribution in [2.75, 3.05) is 0 Å². The van der Waals surface area contributed by atoms with Gasteiger partial charge in [-0.25, -0.2) is 0 Å². The van der Waals surface area contributed by atoms with Gasteiger partial charge in [0.15, 0.2) is 5.78 Å². The second kappa shape index (κ2) is 4.88. The SMILES string of the molecule is Cc1cc(C(=O)Cc2ccco2)cc(C)c1Br. The number of benzene rings is 1. The standard InChI is InChI=1S/C14H13BrO2/c1-9-6-11(7-10(2)14(9)15)13(16)8-12-4-3-5-17-12/h3-7H,8H2,1-2H3. The Bertz CT molecular complexity index is 518. The summed E-state index contributed by atoms with van der Waals surface area (Å²) in [6, 6.07) is 7.42. The van der Waals surface area contributed by atoms with Gasteiger partial charge in [0.2, 0.25) is 0 Å². The summed E-state index contributed by atoms with van der Waals surface area (Å²) in [6.45, 7) is 3.97. The van der Waals surface area contributed by atoms with Crippen molar-refractivity contribution >= 4 is 21.7 Å². The molecule has 0 radical (unpaired) electrons. The highest BCUT2D eigenvalue weighted by molar-refractivity contribution is 9.10. The minimum Gasteiger partial charge on any atom is -0.469 e. The summed E-state index contributed by atoms with van der Waals surface area (Å²) >= 11 is 3.49. The van der Waals surface area contributed by atoms with Crippen LogP contribution in [0.15, 0.2) is 39.4 Å². The molecule has 0 saturated heterocycles. The van der Waals surface area contributed by atoms with E-state index < -0.39 is 0 Å². The third kappa shape index (κ3) is 2.67. The molecule has 0 N–H and O–H groups in total. The van der Waals surface area contributed by atoms with Crippen LogP contribution in [0.25, 0.3) is 0 Å². The lowest BCUT2D eigenvalue weighted by Gasteiger charge is -2.06. The maximum absolute atomic E-state index is 12.1. The first-order chi connectivity index (χ1) is 8.08. The lowest BCUT2D eigenvalue weighted by Crippen LogP contribution is -2.04. The Morgan fingerprint density at radius 1 is 1.29 bits per heavy atom. The zero-order valence-electron chi connectivity index (χ0n) is 9.79. The predicted molar refractivity (Wildman–Crippen MR) is 70.4 cm³/mol. The molecule has 88 valence electrons. The van der Waals surface area contributed by atoms with Gasteiger partial charge in [0.1, 0.15) is 5.76 Å². The summed E-state index contributed by atoms with van der Waals surface area (Å²) in [6.07, 6.45) is 1.90. The molecule has 0 fully saturated rings. The Morgan fingerprint density at radius 2 is 1.94 bits per heavy atom. The van der Waals surface area contributed by atoms with Gasteiger partial charge < -0.3 is 4.42 Å². The Balaban J connectivity index is 2.26. The van der Waals surface area contributed by atoms with Gasteiger partial charge in [0.25, 0.3) is 0 Å². The topological polar surface area (TPSA) is 30.2 Å². The summed E-state index contributed by atoms with van der Waals surface area (Å²) in [4.78, 5) is 12.1. The number of aryl methyl sites for hydroxylation is 2. The van der Waals surface area contributed by atoms with E-state index >= 15 is 0 Å². The predicted octanol–water partition coefficient (Wildman–Crippen LogP) is 4.08. The summed E-state index contributed by atoms with van der Waals surface area (Å²) in [5.41, 5.74) is 2.89. The van der Waals surface area contributed by atoms with Crippen molar-refractivity contribution in [1.82, 2.24) is 0 Å². The Morgan fingerprint density at radius 3 is 2.47 bits per heavy atom. The van der Waals surface area contributed by atoms with Crippen LogP contribution in [0, 0.1) is 13.8 Å². The molecule has 1 aromatic heterocycles. The number of rotatable bonds is 3. The van der Waals surface area contributed by atoms with Gasteiger partial charge in [0.05, 0.1) is 12.7 Å². The fraction of sp³-hybridized carbons (Fsp3) is 0.214. The minimum absolute atomic E-state index is 0.0821. The lowest BCUT2D eigenvalue weighted by atomic mass is 10.0. The average Bonchev–Trinajstić information content (AvgIpc) is 2.77. The number of Topliss-reactive ketones (excluding diaryl/α,β-unsaturated/α-hetero) is 1. The molecule has 1 aromatic carbocycles. The van der Waals surface area contributed by atoms with Crippen LogP contribution in [0.3, 0.4) is 0 Å². The van der Waals surface area contributed by atoms with Gasteiger partial charge in [-0.1, -0.05) is 15.9 Å². The summed E-state index contributed by atoms with van der Waals surface area (Å²) in [5, 5.41) is 0. The van der Waals surface area contributed by atoms with Crippen LogP contribution in [0.4, 0.5) is 0 Å². The van der Waals surface area contributed by atoms with E-state index in [1.165, 1.54) is 0 Å². The second-order valence-corrected chi connectivity index (χ2v) is 4.90. The molecule has 2 nitrogen and oxygen atoms in total. The Kier molecular flexibility index (Phi) is 3.48. The number of halogens is 1. The van der Waals surface area contributed by atoms with Gasteiger partial charge >= 0.3 is 0 Å². The monoisotopic (exact) mass is 292 g/mol. The summed E-state index contributed by atoms with van der Waals surface area (Å²) in [5.74, 6) is 0.784. The summed E-state index contributed by atoms with van der Waals surface area (Å²) in [7, 11) is 0. The fourth-order valence-electron chi connectivity index (χ4n) is 1.78. The van der Waals surface area contributed by atoms with Crippen molar-refractivity contribution in [3.05, 3.63) is 57.5 Å². The van der Waals surface area contributed by atoms with Gasteiger partial charge in [-0.3, -0.25) is 4.79 Å². The van der Waals surface area contributed by atoms with E-state index in [4.69, 9.17) is 4.42 Å². The smallest absolute Gasteiger partial charge is 0.170 e. The zero-order valence-corrected chi connectivity index (χ0v) is 11.4. The van der Waals surface area contributed by atoms with Crippen molar-refractivity contribution in [3.8, 4) is 0 Å². The highest BCUT2D eigenvalue weighted by Gasteiger charge is 2.11. The number of ketones is 1. The van der Waals surface area contributed by atoms with E-state index in [2.05, 4.69) is 15.9 Å². The molecule has 0 amide bonds. The van der Waals surface area contributed by atoms with Crippen LogP contribution in [-0.2, 0) is 6.42 Å². The van der Waals surface area contributed by atoms with Gasteiger partial charge in [0, 0.05) is 10.0 Å². The van der Waals surface area contributed by atoms with Crippen LogP contribution in [0.1, 0.15) is 27.2 Å². The average molecular weight is 293 g/mol. The quantitative estimate of drug-likeness (QED) is 0.798. The summed E-state index contributed by atoms with van der Waals surface area (Å²) < 4.78 is 6.24. The number of hydrogen-bond donors (Lipinski definition) is 0. The van der Waals surface area contributed by atoms with Crippen LogP contribution in [-0.4, -0.2) is 5.78 Å². The maximum Gasteiger partial charge on any atom is 0.170 e. The molecule has 0 unspecified atom stereocenters.